The number of benzene rings is 1. The van der Waals surface area contributed by atoms with Crippen LogP contribution in [0.5, 0.6) is 5.75 Å². The average Bonchev–Trinajstić information content (AvgIpc) is 2.61. The van der Waals surface area contributed by atoms with Gasteiger partial charge in [-0.15, -0.1) is 11.3 Å². The number of hydrogen-bond acceptors (Lipinski definition) is 2. The highest BCUT2D eigenvalue weighted by Crippen LogP contribution is 2.25. The summed E-state index contributed by atoms with van der Waals surface area (Å²) in [7, 11) is 0. The molecule has 0 unspecified atom stereocenters. The minimum Gasteiger partial charge on any atom is -0.489 e. The van der Waals surface area contributed by atoms with Crippen molar-refractivity contribution in [2.24, 2.45) is 0 Å². The summed E-state index contributed by atoms with van der Waals surface area (Å²) in [6.07, 6.45) is 0. The molecule has 0 saturated carbocycles. The van der Waals surface area contributed by atoms with Gasteiger partial charge in [0.15, 0.2) is 0 Å². The van der Waals surface area contributed by atoms with Gasteiger partial charge in [0.2, 0.25) is 0 Å². The van der Waals surface area contributed by atoms with Crippen molar-refractivity contribution in [1.29, 1.82) is 0 Å². The monoisotopic (exact) mass is 302 g/mol. The second-order valence-electron chi connectivity index (χ2n) is 2.97. The number of thiophene rings is 1. The quantitative estimate of drug-likeness (QED) is 0.795. The van der Waals surface area contributed by atoms with Crippen LogP contribution in [0.2, 0.25) is 5.02 Å². The predicted molar refractivity (Wildman–Crippen MR) is 67.8 cm³/mol. The Kier molecular flexibility index (Phi) is 3.67. The molecule has 0 aliphatic rings. The topological polar surface area (TPSA) is 9.23 Å². The van der Waals surface area contributed by atoms with E-state index in [0.29, 0.717) is 11.6 Å². The fourth-order valence-electron chi connectivity index (χ4n) is 1.14. The molecule has 1 nitrogen and oxygen atoms in total. The molecule has 0 bridgehead atoms. The standard InChI is InChI=1S/C11H8BrClOS/c12-11-8(4-5-15-11)7-14-10-3-1-2-9(13)6-10/h1-6H,7H2. The molecule has 0 amide bonds. The highest BCUT2D eigenvalue weighted by molar-refractivity contribution is 9.11. The van der Waals surface area contributed by atoms with E-state index in [0.717, 1.165) is 15.1 Å². The normalized spacial score (nSPS) is 10.3. The molecule has 2 aromatic rings. The first-order valence-electron chi connectivity index (χ1n) is 4.36. The third kappa shape index (κ3) is 2.97. The molecular formula is C11H8BrClOS. The van der Waals surface area contributed by atoms with Gasteiger partial charge in [0.05, 0.1) is 3.79 Å². The summed E-state index contributed by atoms with van der Waals surface area (Å²) in [4.78, 5) is 0. The van der Waals surface area contributed by atoms with Crippen molar-refractivity contribution in [2.45, 2.75) is 6.61 Å². The molecule has 0 atom stereocenters. The minimum atomic E-state index is 0.560. The molecule has 1 aromatic heterocycles. The van der Waals surface area contributed by atoms with Gasteiger partial charge in [-0.2, -0.15) is 0 Å². The summed E-state index contributed by atoms with van der Waals surface area (Å²) in [6, 6.07) is 9.45. The molecule has 15 heavy (non-hydrogen) atoms. The Morgan fingerprint density at radius 1 is 1.33 bits per heavy atom. The summed E-state index contributed by atoms with van der Waals surface area (Å²) in [5.41, 5.74) is 1.15. The van der Waals surface area contributed by atoms with Crippen LogP contribution in [0.4, 0.5) is 0 Å². The van der Waals surface area contributed by atoms with Gasteiger partial charge >= 0.3 is 0 Å². The molecule has 0 fully saturated rings. The van der Waals surface area contributed by atoms with Gasteiger partial charge in [-0.05, 0) is 45.6 Å². The van der Waals surface area contributed by atoms with E-state index in [1.165, 1.54) is 0 Å². The van der Waals surface area contributed by atoms with Crippen molar-refractivity contribution >= 4 is 38.9 Å². The zero-order valence-electron chi connectivity index (χ0n) is 7.74. The number of hydrogen-bond donors (Lipinski definition) is 0. The lowest BCUT2D eigenvalue weighted by Crippen LogP contribution is -1.93. The predicted octanol–water partition coefficient (Wildman–Crippen LogP) is 4.74. The molecule has 0 N–H and O–H groups in total. The third-order valence-electron chi connectivity index (χ3n) is 1.88. The van der Waals surface area contributed by atoms with Gasteiger partial charge in [-0.25, -0.2) is 0 Å². The molecule has 0 aliphatic carbocycles. The van der Waals surface area contributed by atoms with Crippen LogP contribution in [0.25, 0.3) is 0 Å². The highest BCUT2D eigenvalue weighted by atomic mass is 79.9. The smallest absolute Gasteiger partial charge is 0.121 e. The van der Waals surface area contributed by atoms with Crippen LogP contribution in [0.1, 0.15) is 5.56 Å². The van der Waals surface area contributed by atoms with Gasteiger partial charge in [0.1, 0.15) is 12.4 Å². The van der Waals surface area contributed by atoms with E-state index >= 15 is 0 Å². The minimum absolute atomic E-state index is 0.560. The Balaban J connectivity index is 2.02. The first kappa shape index (κ1) is 11.0. The molecule has 0 radical (unpaired) electrons. The molecule has 0 spiro atoms. The van der Waals surface area contributed by atoms with E-state index < -0.39 is 0 Å². The number of rotatable bonds is 3. The molecule has 78 valence electrons. The van der Waals surface area contributed by atoms with E-state index in [1.807, 2.05) is 35.7 Å². The molecule has 2 rings (SSSR count). The summed E-state index contributed by atoms with van der Waals surface area (Å²) in [6.45, 7) is 0.560. The van der Waals surface area contributed by atoms with Crippen LogP contribution in [0.15, 0.2) is 39.5 Å². The molecule has 1 heterocycles. The van der Waals surface area contributed by atoms with Crippen molar-refractivity contribution in [3.8, 4) is 5.75 Å². The van der Waals surface area contributed by atoms with E-state index in [-0.39, 0.29) is 0 Å². The fourth-order valence-corrected chi connectivity index (χ4v) is 2.52. The van der Waals surface area contributed by atoms with Crippen molar-refractivity contribution < 1.29 is 4.74 Å². The van der Waals surface area contributed by atoms with Crippen LogP contribution in [-0.2, 0) is 6.61 Å². The van der Waals surface area contributed by atoms with Gasteiger partial charge in [0.25, 0.3) is 0 Å². The molecule has 4 heteroatoms. The van der Waals surface area contributed by atoms with Crippen molar-refractivity contribution in [2.75, 3.05) is 0 Å². The summed E-state index contributed by atoms with van der Waals surface area (Å²) in [5.74, 6) is 0.792. The van der Waals surface area contributed by atoms with Crippen LogP contribution in [0, 0.1) is 0 Å². The van der Waals surface area contributed by atoms with Crippen LogP contribution < -0.4 is 4.74 Å². The molecular weight excluding hydrogens is 296 g/mol. The van der Waals surface area contributed by atoms with Crippen LogP contribution in [-0.4, -0.2) is 0 Å². The summed E-state index contributed by atoms with van der Waals surface area (Å²) >= 11 is 11.0. The lowest BCUT2D eigenvalue weighted by Gasteiger charge is -2.05. The van der Waals surface area contributed by atoms with Gasteiger partial charge in [-0.1, -0.05) is 17.7 Å². The molecule has 1 aromatic carbocycles. The first-order valence-corrected chi connectivity index (χ1v) is 6.41. The number of ether oxygens (including phenoxy) is 1. The molecule has 0 aliphatic heterocycles. The average molecular weight is 304 g/mol. The van der Waals surface area contributed by atoms with E-state index in [4.69, 9.17) is 16.3 Å². The summed E-state index contributed by atoms with van der Waals surface area (Å²) < 4.78 is 6.72. The fraction of sp³-hybridized carbons (Fsp3) is 0.0909. The van der Waals surface area contributed by atoms with Crippen LogP contribution in [0.3, 0.4) is 0 Å². The van der Waals surface area contributed by atoms with Gasteiger partial charge in [0, 0.05) is 10.6 Å². The lowest BCUT2D eigenvalue weighted by molar-refractivity contribution is 0.306. The van der Waals surface area contributed by atoms with E-state index in [2.05, 4.69) is 15.9 Å². The Morgan fingerprint density at radius 3 is 2.87 bits per heavy atom. The summed E-state index contributed by atoms with van der Waals surface area (Å²) in [5, 5.41) is 2.72. The lowest BCUT2D eigenvalue weighted by atomic mass is 10.3. The first-order chi connectivity index (χ1) is 7.25. The second-order valence-corrected chi connectivity index (χ2v) is 5.64. The van der Waals surface area contributed by atoms with Crippen molar-refractivity contribution in [3.05, 3.63) is 50.1 Å². The maximum atomic E-state index is 5.85. The van der Waals surface area contributed by atoms with Gasteiger partial charge in [-0.3, -0.25) is 0 Å². The third-order valence-corrected chi connectivity index (χ3v) is 3.93. The van der Waals surface area contributed by atoms with E-state index in [1.54, 1.807) is 11.3 Å². The maximum absolute atomic E-state index is 5.85. The largest absolute Gasteiger partial charge is 0.489 e. The van der Waals surface area contributed by atoms with Crippen molar-refractivity contribution in [3.63, 3.8) is 0 Å². The van der Waals surface area contributed by atoms with Crippen molar-refractivity contribution in [1.82, 2.24) is 0 Å². The van der Waals surface area contributed by atoms with Crippen LogP contribution >= 0.6 is 38.9 Å². The zero-order chi connectivity index (χ0) is 10.7. The SMILES string of the molecule is Clc1cccc(OCc2ccsc2Br)c1. The van der Waals surface area contributed by atoms with E-state index in [9.17, 15) is 0 Å². The number of halogens is 2. The zero-order valence-corrected chi connectivity index (χ0v) is 10.9. The Labute approximate surface area is 106 Å². The second kappa shape index (κ2) is 5.01. The highest BCUT2D eigenvalue weighted by Gasteiger charge is 2.02. The Morgan fingerprint density at radius 2 is 2.20 bits per heavy atom. The maximum Gasteiger partial charge on any atom is 0.121 e. The Hall–Kier alpha value is -0.510. The van der Waals surface area contributed by atoms with Gasteiger partial charge < -0.3 is 4.74 Å². The molecule has 0 saturated heterocycles. The Bertz CT molecular complexity index is 455.